The van der Waals surface area contributed by atoms with Gasteiger partial charge in [0, 0.05) is 22.9 Å². The van der Waals surface area contributed by atoms with Gasteiger partial charge in [0.05, 0.1) is 11.0 Å². The van der Waals surface area contributed by atoms with Crippen LogP contribution in [0, 0.1) is 0 Å². The summed E-state index contributed by atoms with van der Waals surface area (Å²) in [7, 11) is 0. The fourth-order valence-corrected chi connectivity index (χ4v) is 3.06. The van der Waals surface area contributed by atoms with Gasteiger partial charge in [-0.1, -0.05) is 36.4 Å². The number of nitrogens with zero attached hydrogens (tertiary/aromatic N) is 1. The molecular formula is C19H25N3. The van der Waals surface area contributed by atoms with Gasteiger partial charge >= 0.3 is 0 Å². The first kappa shape index (κ1) is 15.1. The van der Waals surface area contributed by atoms with Crippen LogP contribution in [0.2, 0.25) is 0 Å². The van der Waals surface area contributed by atoms with Crippen molar-refractivity contribution in [2.24, 2.45) is 0 Å². The summed E-state index contributed by atoms with van der Waals surface area (Å²) in [6.45, 7) is 8.73. The van der Waals surface area contributed by atoms with Crippen LogP contribution in [0.3, 0.4) is 0 Å². The molecule has 1 heterocycles. The first-order valence-corrected chi connectivity index (χ1v) is 8.07. The van der Waals surface area contributed by atoms with E-state index in [1.807, 2.05) is 0 Å². The average molecular weight is 295 g/mol. The topological polar surface area (TPSA) is 29.0 Å². The Kier molecular flexibility index (Phi) is 4.19. The molecule has 0 radical (unpaired) electrons. The summed E-state index contributed by atoms with van der Waals surface area (Å²) in [6.07, 6.45) is 0.0739. The van der Waals surface area contributed by atoms with Gasteiger partial charge < -0.3 is 4.57 Å². The zero-order valence-electron chi connectivity index (χ0n) is 13.8. The Morgan fingerprint density at radius 3 is 1.50 bits per heavy atom. The molecule has 0 saturated heterocycles. The number of para-hydroxylation sites is 2. The third kappa shape index (κ3) is 2.74. The molecule has 0 aliphatic carbocycles. The van der Waals surface area contributed by atoms with Crippen LogP contribution in [0.15, 0.2) is 48.5 Å². The standard InChI is InChI=1S/C19H25N3/c1-13(2)20-19(21-14(3)4)22-17-11-7-5-9-15(17)16-10-6-8-12-18(16)22/h5-14,19-21H,1-4H3. The van der Waals surface area contributed by atoms with Crippen molar-refractivity contribution in [3.63, 3.8) is 0 Å². The van der Waals surface area contributed by atoms with Gasteiger partial charge in [-0.15, -0.1) is 0 Å². The van der Waals surface area contributed by atoms with E-state index < -0.39 is 0 Å². The van der Waals surface area contributed by atoms with Crippen LogP contribution in [0.1, 0.15) is 34.0 Å². The van der Waals surface area contributed by atoms with E-state index >= 15 is 0 Å². The summed E-state index contributed by atoms with van der Waals surface area (Å²) in [6, 6.07) is 18.1. The SMILES string of the molecule is CC(C)NC(NC(C)C)n1c2ccccc2c2ccccc21. The van der Waals surface area contributed by atoms with E-state index in [1.165, 1.54) is 21.8 Å². The maximum atomic E-state index is 3.65. The molecule has 3 nitrogen and oxygen atoms in total. The van der Waals surface area contributed by atoms with Crippen molar-refractivity contribution in [3.8, 4) is 0 Å². The minimum Gasteiger partial charge on any atom is -0.311 e. The lowest BCUT2D eigenvalue weighted by Gasteiger charge is -2.27. The molecule has 0 spiro atoms. The van der Waals surface area contributed by atoms with Gasteiger partial charge in [-0.2, -0.15) is 0 Å². The first-order chi connectivity index (χ1) is 10.6. The van der Waals surface area contributed by atoms with Crippen molar-refractivity contribution in [1.29, 1.82) is 0 Å². The van der Waals surface area contributed by atoms with E-state index in [-0.39, 0.29) is 6.29 Å². The summed E-state index contributed by atoms with van der Waals surface area (Å²) in [5.41, 5.74) is 2.52. The fraction of sp³-hybridized carbons (Fsp3) is 0.368. The Morgan fingerprint density at radius 2 is 1.09 bits per heavy atom. The number of fused-ring (bicyclic) bond motifs is 3. The predicted molar refractivity (Wildman–Crippen MR) is 95.0 cm³/mol. The van der Waals surface area contributed by atoms with Gasteiger partial charge in [0.1, 0.15) is 6.29 Å². The molecule has 3 rings (SSSR count). The van der Waals surface area contributed by atoms with Gasteiger partial charge in [0.2, 0.25) is 0 Å². The zero-order chi connectivity index (χ0) is 15.7. The van der Waals surface area contributed by atoms with Gasteiger partial charge in [0.15, 0.2) is 0 Å². The molecule has 3 heteroatoms. The molecule has 1 aromatic heterocycles. The molecule has 22 heavy (non-hydrogen) atoms. The second-order valence-corrected chi connectivity index (χ2v) is 6.45. The molecule has 0 amide bonds. The molecular weight excluding hydrogens is 270 g/mol. The smallest absolute Gasteiger partial charge is 0.139 e. The van der Waals surface area contributed by atoms with Gasteiger partial charge in [-0.3, -0.25) is 10.6 Å². The number of hydrogen-bond donors (Lipinski definition) is 2. The molecule has 0 aliphatic rings. The van der Waals surface area contributed by atoms with Gasteiger partial charge in [-0.25, -0.2) is 0 Å². The highest BCUT2D eigenvalue weighted by atomic mass is 15.3. The normalized spacial score (nSPS) is 12.3. The van der Waals surface area contributed by atoms with E-state index in [0.29, 0.717) is 12.1 Å². The average Bonchev–Trinajstić information content (AvgIpc) is 2.80. The third-order valence-corrected chi connectivity index (χ3v) is 3.86. The Bertz CT molecular complexity index is 707. The van der Waals surface area contributed by atoms with Crippen LogP contribution in [-0.2, 0) is 0 Å². The molecule has 2 aromatic carbocycles. The van der Waals surface area contributed by atoms with Crippen molar-refractivity contribution < 1.29 is 0 Å². The largest absolute Gasteiger partial charge is 0.311 e. The highest BCUT2D eigenvalue weighted by molar-refractivity contribution is 6.08. The number of nitrogens with one attached hydrogen (secondary N) is 2. The van der Waals surface area contributed by atoms with E-state index in [0.717, 1.165) is 0 Å². The van der Waals surface area contributed by atoms with Gasteiger partial charge in [0.25, 0.3) is 0 Å². The van der Waals surface area contributed by atoms with Crippen LogP contribution in [-0.4, -0.2) is 16.7 Å². The van der Waals surface area contributed by atoms with E-state index in [1.54, 1.807) is 0 Å². The summed E-state index contributed by atoms with van der Waals surface area (Å²) in [4.78, 5) is 0. The Balaban J connectivity index is 2.24. The maximum absolute atomic E-state index is 3.65. The lowest BCUT2D eigenvalue weighted by Crippen LogP contribution is -2.44. The van der Waals surface area contributed by atoms with Crippen LogP contribution in [0.4, 0.5) is 0 Å². The number of aromatic nitrogens is 1. The van der Waals surface area contributed by atoms with Crippen molar-refractivity contribution in [1.82, 2.24) is 15.2 Å². The van der Waals surface area contributed by atoms with E-state index in [2.05, 4.69) is 91.4 Å². The maximum Gasteiger partial charge on any atom is 0.139 e. The predicted octanol–water partition coefficient (Wildman–Crippen LogP) is 4.25. The first-order valence-electron chi connectivity index (χ1n) is 8.07. The molecule has 3 aromatic rings. The van der Waals surface area contributed by atoms with E-state index in [4.69, 9.17) is 0 Å². The lowest BCUT2D eigenvalue weighted by molar-refractivity contribution is 0.298. The van der Waals surface area contributed by atoms with Crippen molar-refractivity contribution >= 4 is 21.8 Å². The number of rotatable bonds is 5. The quantitative estimate of drug-likeness (QED) is 0.689. The van der Waals surface area contributed by atoms with Crippen LogP contribution < -0.4 is 10.6 Å². The summed E-state index contributed by atoms with van der Waals surface area (Å²) in [5, 5.41) is 9.91. The lowest BCUT2D eigenvalue weighted by atomic mass is 10.2. The molecule has 116 valence electrons. The van der Waals surface area contributed by atoms with Crippen molar-refractivity contribution in [3.05, 3.63) is 48.5 Å². The fourth-order valence-electron chi connectivity index (χ4n) is 3.06. The Morgan fingerprint density at radius 1 is 0.682 bits per heavy atom. The molecule has 0 bridgehead atoms. The van der Waals surface area contributed by atoms with Crippen LogP contribution in [0.25, 0.3) is 21.8 Å². The zero-order valence-corrected chi connectivity index (χ0v) is 13.8. The second-order valence-electron chi connectivity index (χ2n) is 6.45. The van der Waals surface area contributed by atoms with Crippen LogP contribution in [0.5, 0.6) is 0 Å². The monoisotopic (exact) mass is 295 g/mol. The third-order valence-electron chi connectivity index (χ3n) is 3.86. The van der Waals surface area contributed by atoms with Crippen molar-refractivity contribution in [2.45, 2.75) is 46.1 Å². The second kappa shape index (κ2) is 6.11. The summed E-state index contributed by atoms with van der Waals surface area (Å²) in [5.74, 6) is 0. The molecule has 0 atom stereocenters. The van der Waals surface area contributed by atoms with E-state index in [9.17, 15) is 0 Å². The number of hydrogen-bond acceptors (Lipinski definition) is 2. The van der Waals surface area contributed by atoms with Crippen LogP contribution >= 0.6 is 0 Å². The molecule has 0 fully saturated rings. The summed E-state index contributed by atoms with van der Waals surface area (Å²) < 4.78 is 2.38. The minimum absolute atomic E-state index is 0.0739. The Labute approximate surface area is 132 Å². The molecule has 0 aliphatic heterocycles. The number of benzene rings is 2. The molecule has 0 saturated carbocycles. The van der Waals surface area contributed by atoms with Crippen molar-refractivity contribution in [2.75, 3.05) is 0 Å². The highest BCUT2D eigenvalue weighted by Crippen LogP contribution is 2.30. The minimum atomic E-state index is 0.0739. The Hall–Kier alpha value is -1.84. The highest BCUT2D eigenvalue weighted by Gasteiger charge is 2.18. The summed E-state index contributed by atoms with van der Waals surface area (Å²) >= 11 is 0. The molecule has 0 unspecified atom stereocenters. The molecule has 2 N–H and O–H groups in total. The van der Waals surface area contributed by atoms with Gasteiger partial charge in [-0.05, 0) is 39.8 Å².